The van der Waals surface area contributed by atoms with E-state index in [0.29, 0.717) is 25.9 Å². The second kappa shape index (κ2) is 13.2. The number of unbranched alkanes of at least 4 members (excludes halogenated alkanes) is 3. The van der Waals surface area contributed by atoms with Gasteiger partial charge in [-0.25, -0.2) is 0 Å². The molecule has 0 aromatic rings. The van der Waals surface area contributed by atoms with E-state index in [1.165, 1.54) is 0 Å². The molecule has 3 rings (SSSR count). The van der Waals surface area contributed by atoms with Crippen molar-refractivity contribution in [3.63, 3.8) is 0 Å². The molecule has 37 heavy (non-hydrogen) atoms. The van der Waals surface area contributed by atoms with Gasteiger partial charge in [0.2, 0.25) is 11.8 Å². The molecule has 9 heteroatoms. The summed E-state index contributed by atoms with van der Waals surface area (Å²) in [6, 6.07) is -1.26. The van der Waals surface area contributed by atoms with Crippen molar-refractivity contribution in [1.29, 1.82) is 0 Å². The van der Waals surface area contributed by atoms with Gasteiger partial charge in [0.1, 0.15) is 6.04 Å². The van der Waals surface area contributed by atoms with E-state index < -0.39 is 28.7 Å². The fourth-order valence-corrected chi connectivity index (χ4v) is 9.84. The molecule has 3 aliphatic heterocycles. The highest BCUT2D eigenvalue weighted by Crippen LogP contribution is 2.68. The molecule has 1 spiro atoms. The van der Waals surface area contributed by atoms with E-state index in [1.54, 1.807) is 33.7 Å². The molecule has 3 fully saturated rings. The Bertz CT molecular complexity index is 870. The van der Waals surface area contributed by atoms with Gasteiger partial charge in [0.25, 0.3) is 0 Å². The Morgan fingerprint density at radius 1 is 1.30 bits per heavy atom. The van der Waals surface area contributed by atoms with Gasteiger partial charge in [-0.3, -0.25) is 14.4 Å². The van der Waals surface area contributed by atoms with Crippen molar-refractivity contribution in [2.45, 2.75) is 86.2 Å². The average Bonchev–Trinajstić information content (AvgIpc) is 3.45. The number of carbonyl (C=O) groups excluding carboxylic acids is 3. The molecule has 3 heterocycles. The first-order valence-corrected chi connectivity index (χ1v) is 15.4. The number of halogens is 1. The minimum atomic E-state index is -0.750. The van der Waals surface area contributed by atoms with Crippen molar-refractivity contribution >= 4 is 45.5 Å². The molecule has 2 bridgehead atoms. The van der Waals surface area contributed by atoms with Gasteiger partial charge in [0.05, 0.1) is 35.8 Å². The topological polar surface area (TPSA) is 87.1 Å². The van der Waals surface area contributed by atoms with Crippen LogP contribution in [0.5, 0.6) is 0 Å². The molecular formula is C28H43BrN2O5S. The highest BCUT2D eigenvalue weighted by atomic mass is 79.9. The van der Waals surface area contributed by atoms with Crippen molar-refractivity contribution < 1.29 is 24.2 Å². The fourth-order valence-electron chi connectivity index (χ4n) is 6.26. The zero-order valence-electron chi connectivity index (χ0n) is 22.4. The van der Waals surface area contributed by atoms with Crippen molar-refractivity contribution in [1.82, 2.24) is 9.80 Å². The maximum atomic E-state index is 14.3. The Morgan fingerprint density at radius 3 is 2.62 bits per heavy atom. The number of likely N-dealkylation sites (tertiary alicyclic amines) is 1. The number of allylic oxidation sites excluding steroid dienone is 1. The summed E-state index contributed by atoms with van der Waals surface area (Å²) in [5, 5.41) is 10.2. The summed E-state index contributed by atoms with van der Waals surface area (Å²) in [5.74, 6) is -2.02. The Balaban J connectivity index is 2.02. The standard InChI is InChI=1S/C28H43BrN2O5S/c1-6-9-11-14-30(13-8-3)26(34)24-28-16-19(29)23(37-28)21(27(35)36-15-12-10-7-2)22(28)25(33)31(24)20(17-32)18(4)5/h7-8,18-24,32H,2-3,6,9-17H2,1,4-5H3/t19?,20-,21-,22-,23-,24?,28?/m0/s1. The number of nitrogens with zero attached hydrogens (tertiary/aromatic N) is 2. The maximum absolute atomic E-state index is 14.3. The molecule has 0 aromatic heterocycles. The van der Waals surface area contributed by atoms with Gasteiger partial charge in [0.15, 0.2) is 0 Å². The third kappa shape index (κ3) is 5.69. The molecule has 7 atom stereocenters. The normalized spacial score (nSPS) is 30.9. The number of fused-ring (bicyclic) bond motifs is 1. The summed E-state index contributed by atoms with van der Waals surface area (Å²) in [7, 11) is 0. The summed E-state index contributed by atoms with van der Waals surface area (Å²) in [6.07, 6.45) is 8.47. The van der Waals surface area contributed by atoms with Gasteiger partial charge in [-0.05, 0) is 31.6 Å². The maximum Gasteiger partial charge on any atom is 0.310 e. The van der Waals surface area contributed by atoms with Gasteiger partial charge in [0, 0.05) is 23.2 Å². The number of aliphatic hydroxyl groups is 1. The number of esters is 1. The highest BCUT2D eigenvalue weighted by Gasteiger charge is 2.76. The van der Waals surface area contributed by atoms with Crippen LogP contribution in [0.1, 0.15) is 59.3 Å². The number of alkyl halides is 1. The number of hydrogen-bond acceptors (Lipinski definition) is 6. The predicted octanol–water partition coefficient (Wildman–Crippen LogP) is 4.18. The monoisotopic (exact) mass is 598 g/mol. The summed E-state index contributed by atoms with van der Waals surface area (Å²) >= 11 is 5.39. The average molecular weight is 600 g/mol. The molecule has 2 amide bonds. The van der Waals surface area contributed by atoms with Crippen LogP contribution in [0.3, 0.4) is 0 Å². The van der Waals surface area contributed by atoms with E-state index in [9.17, 15) is 19.5 Å². The first-order valence-electron chi connectivity index (χ1n) is 13.6. The second-order valence-electron chi connectivity index (χ2n) is 10.8. The van der Waals surface area contributed by atoms with E-state index in [0.717, 1.165) is 25.7 Å². The second-order valence-corrected chi connectivity index (χ2v) is 13.5. The smallest absolute Gasteiger partial charge is 0.310 e. The van der Waals surface area contributed by atoms with E-state index in [2.05, 4.69) is 36.0 Å². The van der Waals surface area contributed by atoms with Crippen LogP contribution in [0.4, 0.5) is 0 Å². The quantitative estimate of drug-likeness (QED) is 0.132. The molecule has 1 N–H and O–H groups in total. The van der Waals surface area contributed by atoms with E-state index in [1.807, 2.05) is 13.8 Å². The first-order chi connectivity index (χ1) is 17.7. The molecule has 0 aromatic carbocycles. The number of carbonyl (C=O) groups is 3. The van der Waals surface area contributed by atoms with Crippen molar-refractivity contribution in [3.05, 3.63) is 25.3 Å². The van der Waals surface area contributed by atoms with E-state index in [-0.39, 0.29) is 47.0 Å². The summed E-state index contributed by atoms with van der Waals surface area (Å²) in [4.78, 5) is 45.3. The third-order valence-electron chi connectivity index (χ3n) is 8.04. The SMILES string of the molecule is C=CCCCOC(=O)[C@H]1[C@H]2C(=O)N([C@@H](CO)C(C)C)C(C(=O)N(CC=C)CCCCC)C23CC(Br)[C@@H]1S3. The summed E-state index contributed by atoms with van der Waals surface area (Å²) in [6.45, 7) is 14.6. The molecule has 3 unspecified atom stereocenters. The lowest BCUT2D eigenvalue weighted by molar-refractivity contribution is -0.154. The van der Waals surface area contributed by atoms with Crippen molar-refractivity contribution in [3.8, 4) is 0 Å². The predicted molar refractivity (Wildman–Crippen MR) is 151 cm³/mol. The number of rotatable bonds is 15. The first kappa shape index (κ1) is 30.2. The van der Waals surface area contributed by atoms with Crippen molar-refractivity contribution in [2.75, 3.05) is 26.3 Å². The van der Waals surface area contributed by atoms with Crippen LogP contribution in [0.15, 0.2) is 25.3 Å². The largest absolute Gasteiger partial charge is 0.465 e. The molecule has 3 saturated heterocycles. The van der Waals surface area contributed by atoms with Crippen LogP contribution >= 0.6 is 27.7 Å². The number of aliphatic hydroxyl groups excluding tert-OH is 1. The molecule has 0 saturated carbocycles. The van der Waals surface area contributed by atoms with Gasteiger partial charge >= 0.3 is 5.97 Å². The lowest BCUT2D eigenvalue weighted by Crippen LogP contribution is -2.58. The van der Waals surface area contributed by atoms with Gasteiger partial charge in [-0.2, -0.15) is 0 Å². The Kier molecular flexibility index (Phi) is 10.7. The van der Waals surface area contributed by atoms with Gasteiger partial charge in [-0.15, -0.1) is 24.9 Å². The number of ether oxygens (including phenoxy) is 1. The molecule has 208 valence electrons. The molecular weight excluding hydrogens is 556 g/mol. The Morgan fingerprint density at radius 2 is 2.03 bits per heavy atom. The molecule has 0 aliphatic carbocycles. The zero-order chi connectivity index (χ0) is 27.3. The number of hydrogen-bond donors (Lipinski definition) is 1. The Labute approximate surface area is 234 Å². The van der Waals surface area contributed by atoms with Crippen LogP contribution < -0.4 is 0 Å². The lowest BCUT2D eigenvalue weighted by Gasteiger charge is -2.41. The Hall–Kier alpha value is -1.32. The highest BCUT2D eigenvalue weighted by molar-refractivity contribution is 9.09. The lowest BCUT2D eigenvalue weighted by atomic mass is 9.71. The van der Waals surface area contributed by atoms with Crippen LogP contribution in [0.2, 0.25) is 0 Å². The van der Waals surface area contributed by atoms with Crippen LogP contribution in [0, 0.1) is 17.8 Å². The fraction of sp³-hybridized carbons (Fsp3) is 0.750. The summed E-state index contributed by atoms with van der Waals surface area (Å²) < 4.78 is 4.90. The van der Waals surface area contributed by atoms with Gasteiger partial charge in [-0.1, -0.05) is 61.7 Å². The number of thioether (sulfide) groups is 1. The number of amides is 2. The summed E-state index contributed by atoms with van der Waals surface area (Å²) in [5.41, 5.74) is 0. The zero-order valence-corrected chi connectivity index (χ0v) is 24.8. The molecule has 3 aliphatic rings. The van der Waals surface area contributed by atoms with Crippen LogP contribution in [-0.2, 0) is 19.1 Å². The molecule has 0 radical (unpaired) electrons. The van der Waals surface area contributed by atoms with Crippen LogP contribution in [0.25, 0.3) is 0 Å². The minimum Gasteiger partial charge on any atom is -0.465 e. The van der Waals surface area contributed by atoms with Gasteiger partial charge < -0.3 is 19.6 Å². The van der Waals surface area contributed by atoms with Crippen LogP contribution in [-0.4, -0.2) is 85.9 Å². The van der Waals surface area contributed by atoms with Crippen molar-refractivity contribution in [2.24, 2.45) is 17.8 Å². The third-order valence-corrected chi connectivity index (χ3v) is 11.3. The molecule has 7 nitrogen and oxygen atoms in total. The minimum absolute atomic E-state index is 0.0119. The van der Waals surface area contributed by atoms with E-state index >= 15 is 0 Å². The van der Waals surface area contributed by atoms with E-state index in [4.69, 9.17) is 4.74 Å².